The summed E-state index contributed by atoms with van der Waals surface area (Å²) in [7, 11) is 0. The van der Waals surface area contributed by atoms with Crippen LogP contribution in [-0.4, -0.2) is 28.7 Å². The standard InChI is InChI=1S/C11H9ClN2O4S/c12-9-2-1-6(19-9)3-4-13-10(15)7-5-8(11(16)17)18-14-7/h1-2,5H,3-4H2,(H,13,15)(H,16,17). The van der Waals surface area contributed by atoms with E-state index in [9.17, 15) is 9.59 Å². The molecule has 0 saturated heterocycles. The van der Waals surface area contributed by atoms with Crippen molar-refractivity contribution < 1.29 is 19.2 Å². The van der Waals surface area contributed by atoms with Crippen LogP contribution in [0.1, 0.15) is 25.9 Å². The van der Waals surface area contributed by atoms with E-state index in [2.05, 4.69) is 15.0 Å². The molecule has 0 radical (unpaired) electrons. The van der Waals surface area contributed by atoms with Crippen LogP contribution in [0.3, 0.4) is 0 Å². The maximum Gasteiger partial charge on any atom is 0.374 e. The summed E-state index contributed by atoms with van der Waals surface area (Å²) >= 11 is 7.23. The molecule has 2 aromatic rings. The molecule has 0 aliphatic rings. The van der Waals surface area contributed by atoms with Gasteiger partial charge in [0.2, 0.25) is 5.76 Å². The number of carbonyl (C=O) groups is 2. The van der Waals surface area contributed by atoms with E-state index in [0.717, 1.165) is 10.9 Å². The average molecular weight is 301 g/mol. The number of halogens is 1. The Morgan fingerprint density at radius 3 is 2.84 bits per heavy atom. The molecule has 8 heteroatoms. The van der Waals surface area contributed by atoms with Crippen molar-refractivity contribution in [2.45, 2.75) is 6.42 Å². The number of carbonyl (C=O) groups excluding carboxylic acids is 1. The number of hydrogen-bond donors (Lipinski definition) is 2. The van der Waals surface area contributed by atoms with Gasteiger partial charge in [-0.1, -0.05) is 16.8 Å². The Morgan fingerprint density at radius 2 is 2.26 bits per heavy atom. The minimum Gasteiger partial charge on any atom is -0.475 e. The zero-order valence-corrected chi connectivity index (χ0v) is 11.1. The fraction of sp³-hybridized carbons (Fsp3) is 0.182. The van der Waals surface area contributed by atoms with Gasteiger partial charge in [0, 0.05) is 17.5 Å². The second kappa shape index (κ2) is 5.85. The zero-order chi connectivity index (χ0) is 13.8. The van der Waals surface area contributed by atoms with Crippen LogP contribution in [-0.2, 0) is 6.42 Å². The second-order valence-corrected chi connectivity index (χ2v) is 5.39. The maximum atomic E-state index is 11.6. The van der Waals surface area contributed by atoms with Crippen LogP contribution in [0.5, 0.6) is 0 Å². The number of aromatic nitrogens is 1. The highest BCUT2D eigenvalue weighted by molar-refractivity contribution is 7.16. The van der Waals surface area contributed by atoms with Crippen LogP contribution in [0, 0.1) is 0 Å². The minimum atomic E-state index is -1.26. The second-order valence-electron chi connectivity index (χ2n) is 3.59. The van der Waals surface area contributed by atoms with Crippen LogP contribution >= 0.6 is 22.9 Å². The van der Waals surface area contributed by atoms with Gasteiger partial charge >= 0.3 is 5.97 Å². The Hall–Kier alpha value is -1.86. The molecular formula is C11H9ClN2O4S. The molecule has 0 fully saturated rings. The van der Waals surface area contributed by atoms with E-state index >= 15 is 0 Å². The lowest BCUT2D eigenvalue weighted by atomic mass is 10.3. The molecule has 2 N–H and O–H groups in total. The molecule has 0 aromatic carbocycles. The smallest absolute Gasteiger partial charge is 0.374 e. The summed E-state index contributed by atoms with van der Waals surface area (Å²) in [6.07, 6.45) is 0.646. The fourth-order valence-corrected chi connectivity index (χ4v) is 2.45. The van der Waals surface area contributed by atoms with Crippen molar-refractivity contribution in [3.8, 4) is 0 Å². The predicted molar refractivity (Wildman–Crippen MR) is 68.8 cm³/mol. The van der Waals surface area contributed by atoms with Crippen molar-refractivity contribution in [2.75, 3.05) is 6.54 Å². The molecule has 0 saturated carbocycles. The molecule has 2 rings (SSSR count). The third kappa shape index (κ3) is 3.55. The Labute approximate surface area is 117 Å². The molecule has 0 unspecified atom stereocenters. The van der Waals surface area contributed by atoms with Crippen molar-refractivity contribution in [1.29, 1.82) is 0 Å². The van der Waals surface area contributed by atoms with E-state index in [-0.39, 0.29) is 11.5 Å². The van der Waals surface area contributed by atoms with Gasteiger partial charge in [-0.3, -0.25) is 4.79 Å². The molecule has 0 aliphatic carbocycles. The van der Waals surface area contributed by atoms with Gasteiger partial charge in [0.25, 0.3) is 5.91 Å². The van der Waals surface area contributed by atoms with E-state index in [1.54, 1.807) is 6.07 Å². The first-order chi connectivity index (χ1) is 9.06. The van der Waals surface area contributed by atoms with Crippen molar-refractivity contribution in [1.82, 2.24) is 10.5 Å². The number of aromatic carboxylic acids is 1. The third-order valence-corrected chi connectivity index (χ3v) is 3.53. The van der Waals surface area contributed by atoms with Crippen LogP contribution in [0.2, 0.25) is 4.34 Å². The summed E-state index contributed by atoms with van der Waals surface area (Å²) in [5.74, 6) is -2.10. The fourth-order valence-electron chi connectivity index (χ4n) is 1.36. The van der Waals surface area contributed by atoms with Crippen molar-refractivity contribution in [3.05, 3.63) is 38.9 Å². The third-order valence-electron chi connectivity index (χ3n) is 2.24. The number of nitrogens with one attached hydrogen (secondary N) is 1. The quantitative estimate of drug-likeness (QED) is 0.881. The van der Waals surface area contributed by atoms with Gasteiger partial charge in [0.15, 0.2) is 5.69 Å². The number of hydrogen-bond acceptors (Lipinski definition) is 5. The van der Waals surface area contributed by atoms with Gasteiger partial charge in [-0.2, -0.15) is 0 Å². The number of carboxylic acid groups (broad SMARTS) is 1. The highest BCUT2D eigenvalue weighted by Crippen LogP contribution is 2.21. The summed E-state index contributed by atoms with van der Waals surface area (Å²) in [5, 5.41) is 14.6. The molecule has 19 heavy (non-hydrogen) atoms. The number of carboxylic acids is 1. The maximum absolute atomic E-state index is 11.6. The molecule has 0 atom stereocenters. The number of amides is 1. The van der Waals surface area contributed by atoms with E-state index in [0.29, 0.717) is 17.3 Å². The normalized spacial score (nSPS) is 10.4. The minimum absolute atomic E-state index is 0.0541. The highest BCUT2D eigenvalue weighted by atomic mass is 35.5. The molecule has 0 aliphatic heterocycles. The molecule has 100 valence electrons. The molecule has 0 bridgehead atoms. The first-order valence-corrected chi connectivity index (χ1v) is 6.48. The Bertz CT molecular complexity index is 607. The van der Waals surface area contributed by atoms with Crippen molar-refractivity contribution in [2.24, 2.45) is 0 Å². The SMILES string of the molecule is O=C(NCCc1ccc(Cl)s1)c1cc(C(=O)O)on1. The van der Waals surface area contributed by atoms with Crippen LogP contribution in [0.15, 0.2) is 22.7 Å². The van der Waals surface area contributed by atoms with Gasteiger partial charge < -0.3 is 14.9 Å². The monoisotopic (exact) mass is 300 g/mol. The van der Waals surface area contributed by atoms with E-state index < -0.39 is 11.9 Å². The van der Waals surface area contributed by atoms with Crippen LogP contribution < -0.4 is 5.32 Å². The lowest BCUT2D eigenvalue weighted by Crippen LogP contribution is -2.25. The topological polar surface area (TPSA) is 92.4 Å². The largest absolute Gasteiger partial charge is 0.475 e. The molecule has 6 nitrogen and oxygen atoms in total. The lowest BCUT2D eigenvalue weighted by molar-refractivity contribution is 0.0651. The average Bonchev–Trinajstić information content (AvgIpc) is 2.98. The summed E-state index contributed by atoms with van der Waals surface area (Å²) in [5.41, 5.74) is -0.0541. The first-order valence-electron chi connectivity index (χ1n) is 5.28. The number of rotatable bonds is 5. The van der Waals surface area contributed by atoms with Gasteiger partial charge in [-0.25, -0.2) is 4.79 Å². The van der Waals surface area contributed by atoms with Crippen LogP contribution in [0.4, 0.5) is 0 Å². The Morgan fingerprint density at radius 1 is 1.47 bits per heavy atom. The Balaban J connectivity index is 1.85. The summed E-state index contributed by atoms with van der Waals surface area (Å²) in [4.78, 5) is 23.2. The Kier molecular flexibility index (Phi) is 4.18. The van der Waals surface area contributed by atoms with Gasteiger partial charge in [0.05, 0.1) is 4.34 Å². The van der Waals surface area contributed by atoms with E-state index in [1.165, 1.54) is 11.3 Å². The molecule has 0 spiro atoms. The van der Waals surface area contributed by atoms with Crippen molar-refractivity contribution >= 4 is 34.8 Å². The number of thiophene rings is 1. The van der Waals surface area contributed by atoms with Gasteiger partial charge in [0.1, 0.15) is 0 Å². The van der Waals surface area contributed by atoms with Gasteiger partial charge in [-0.05, 0) is 18.6 Å². The van der Waals surface area contributed by atoms with Crippen LogP contribution in [0.25, 0.3) is 0 Å². The first kappa shape index (κ1) is 13.6. The summed E-state index contributed by atoms with van der Waals surface area (Å²) in [6.45, 7) is 0.408. The van der Waals surface area contributed by atoms with E-state index in [4.69, 9.17) is 16.7 Å². The molecule has 2 aromatic heterocycles. The lowest BCUT2D eigenvalue weighted by Gasteiger charge is -2.00. The zero-order valence-electron chi connectivity index (χ0n) is 9.55. The number of nitrogens with zero attached hydrogens (tertiary/aromatic N) is 1. The predicted octanol–water partition coefficient (Wildman–Crippen LogP) is 2.06. The highest BCUT2D eigenvalue weighted by Gasteiger charge is 2.16. The summed E-state index contributed by atoms with van der Waals surface area (Å²) < 4.78 is 5.19. The molecular weight excluding hydrogens is 292 g/mol. The molecule has 1 amide bonds. The molecule has 2 heterocycles. The van der Waals surface area contributed by atoms with Crippen molar-refractivity contribution in [3.63, 3.8) is 0 Å². The van der Waals surface area contributed by atoms with Gasteiger partial charge in [-0.15, -0.1) is 11.3 Å². The van der Waals surface area contributed by atoms with E-state index in [1.807, 2.05) is 6.07 Å². The summed E-state index contributed by atoms with van der Waals surface area (Å²) in [6, 6.07) is 4.76.